The van der Waals surface area contributed by atoms with E-state index in [-0.39, 0.29) is 5.91 Å². The smallest absolute Gasteiger partial charge is 0.257 e. The lowest BCUT2D eigenvalue weighted by Crippen LogP contribution is -2.46. The number of piperazine rings is 1. The molecule has 6 heteroatoms. The number of carbonyl (C=O) groups is 1. The average Bonchev–Trinajstić information content (AvgIpc) is 2.80. The highest BCUT2D eigenvalue weighted by molar-refractivity contribution is 6.04. The third kappa shape index (κ3) is 4.36. The van der Waals surface area contributed by atoms with Gasteiger partial charge in [-0.05, 0) is 42.5 Å². The van der Waals surface area contributed by atoms with Crippen molar-refractivity contribution >= 4 is 23.0 Å². The Labute approximate surface area is 170 Å². The number of rotatable bonds is 4. The summed E-state index contributed by atoms with van der Waals surface area (Å²) in [5.41, 5.74) is 3.90. The lowest BCUT2D eigenvalue weighted by molar-refractivity contribution is 0.102. The van der Waals surface area contributed by atoms with Crippen molar-refractivity contribution in [3.05, 3.63) is 84.2 Å². The average molecular weight is 383 g/mol. The highest BCUT2D eigenvalue weighted by atomic mass is 16.1. The number of nitriles is 1. The summed E-state index contributed by atoms with van der Waals surface area (Å²) in [6.07, 6.45) is 3.37. The second-order valence-corrected chi connectivity index (χ2v) is 6.88. The van der Waals surface area contributed by atoms with Crippen LogP contribution < -0.4 is 15.1 Å². The summed E-state index contributed by atoms with van der Waals surface area (Å²) < 4.78 is 0. The summed E-state index contributed by atoms with van der Waals surface area (Å²) in [6, 6.07) is 21.1. The molecule has 3 aromatic rings. The number of amides is 1. The lowest BCUT2D eigenvalue weighted by atomic mass is 10.2. The molecule has 0 atom stereocenters. The minimum atomic E-state index is -0.216. The molecule has 0 unspecified atom stereocenters. The van der Waals surface area contributed by atoms with E-state index in [2.05, 4.69) is 50.4 Å². The fraction of sp³-hybridized carbons (Fsp3) is 0.174. The van der Waals surface area contributed by atoms with Crippen molar-refractivity contribution in [1.82, 2.24) is 4.98 Å². The van der Waals surface area contributed by atoms with Gasteiger partial charge in [0.1, 0.15) is 0 Å². The quantitative estimate of drug-likeness (QED) is 0.746. The van der Waals surface area contributed by atoms with E-state index in [1.807, 2.05) is 12.1 Å². The van der Waals surface area contributed by atoms with Crippen LogP contribution in [0.5, 0.6) is 0 Å². The fourth-order valence-corrected chi connectivity index (χ4v) is 3.42. The summed E-state index contributed by atoms with van der Waals surface area (Å²) in [4.78, 5) is 21.5. The standard InChI is InChI=1S/C23H21N5O/c24-15-18-6-8-20(9-7-18)26-23(29)19-14-22(17-25-16-19)28-12-10-27(11-13-28)21-4-2-1-3-5-21/h1-9,14,16-17H,10-13H2,(H,26,29). The van der Waals surface area contributed by atoms with Gasteiger partial charge in [-0.1, -0.05) is 18.2 Å². The molecule has 0 spiro atoms. The largest absolute Gasteiger partial charge is 0.368 e. The molecule has 2 heterocycles. The first-order valence-electron chi connectivity index (χ1n) is 9.54. The van der Waals surface area contributed by atoms with Crippen LogP contribution in [-0.4, -0.2) is 37.1 Å². The molecule has 1 N–H and O–H groups in total. The Balaban J connectivity index is 1.41. The first-order valence-corrected chi connectivity index (χ1v) is 9.54. The molecule has 144 valence electrons. The Morgan fingerprint density at radius 3 is 2.21 bits per heavy atom. The van der Waals surface area contributed by atoms with Crippen LogP contribution >= 0.6 is 0 Å². The number of anilines is 3. The molecule has 0 bridgehead atoms. The van der Waals surface area contributed by atoms with Crippen molar-refractivity contribution < 1.29 is 4.79 Å². The van der Waals surface area contributed by atoms with E-state index in [1.54, 1.807) is 36.7 Å². The molecule has 1 aliphatic rings. The molecule has 1 aromatic heterocycles. The van der Waals surface area contributed by atoms with Gasteiger partial charge >= 0.3 is 0 Å². The van der Waals surface area contributed by atoms with Crippen LogP contribution in [0.15, 0.2) is 73.1 Å². The summed E-state index contributed by atoms with van der Waals surface area (Å²) in [7, 11) is 0. The monoisotopic (exact) mass is 383 g/mol. The minimum absolute atomic E-state index is 0.216. The predicted molar refractivity (Wildman–Crippen MR) is 114 cm³/mol. The minimum Gasteiger partial charge on any atom is -0.368 e. The third-order valence-electron chi connectivity index (χ3n) is 5.02. The highest BCUT2D eigenvalue weighted by Crippen LogP contribution is 2.21. The van der Waals surface area contributed by atoms with Crippen molar-refractivity contribution in [2.75, 3.05) is 41.3 Å². The fourth-order valence-electron chi connectivity index (χ4n) is 3.42. The van der Waals surface area contributed by atoms with E-state index in [1.165, 1.54) is 5.69 Å². The van der Waals surface area contributed by atoms with Crippen LogP contribution in [-0.2, 0) is 0 Å². The maximum Gasteiger partial charge on any atom is 0.257 e. The number of nitrogens with one attached hydrogen (secondary N) is 1. The summed E-state index contributed by atoms with van der Waals surface area (Å²) >= 11 is 0. The molecule has 2 aromatic carbocycles. The van der Waals surface area contributed by atoms with Crippen LogP contribution in [0.3, 0.4) is 0 Å². The van der Waals surface area contributed by atoms with E-state index >= 15 is 0 Å². The zero-order valence-corrected chi connectivity index (χ0v) is 16.0. The van der Waals surface area contributed by atoms with Gasteiger partial charge in [0.25, 0.3) is 5.91 Å². The molecule has 0 aliphatic carbocycles. The Bertz CT molecular complexity index is 1020. The number of benzene rings is 2. The molecule has 4 rings (SSSR count). The van der Waals surface area contributed by atoms with Gasteiger partial charge in [0.2, 0.25) is 0 Å². The molecule has 0 radical (unpaired) electrons. The van der Waals surface area contributed by atoms with E-state index in [4.69, 9.17) is 5.26 Å². The van der Waals surface area contributed by atoms with Crippen molar-refractivity contribution in [3.63, 3.8) is 0 Å². The van der Waals surface area contributed by atoms with E-state index < -0.39 is 0 Å². The normalized spacial score (nSPS) is 13.6. The van der Waals surface area contributed by atoms with Gasteiger partial charge in [0.05, 0.1) is 29.1 Å². The van der Waals surface area contributed by atoms with Gasteiger partial charge in [-0.15, -0.1) is 0 Å². The number of para-hydroxylation sites is 1. The molecule has 1 saturated heterocycles. The van der Waals surface area contributed by atoms with Crippen molar-refractivity contribution in [1.29, 1.82) is 5.26 Å². The van der Waals surface area contributed by atoms with Crippen LogP contribution in [0.1, 0.15) is 15.9 Å². The number of carbonyl (C=O) groups excluding carboxylic acids is 1. The number of pyridine rings is 1. The van der Waals surface area contributed by atoms with Gasteiger partial charge in [-0.2, -0.15) is 5.26 Å². The molecule has 6 nitrogen and oxygen atoms in total. The maximum absolute atomic E-state index is 12.6. The van der Waals surface area contributed by atoms with Gasteiger partial charge in [-0.3, -0.25) is 9.78 Å². The van der Waals surface area contributed by atoms with Gasteiger partial charge < -0.3 is 15.1 Å². The molecular weight excluding hydrogens is 362 g/mol. The van der Waals surface area contributed by atoms with Crippen LogP contribution in [0, 0.1) is 11.3 Å². The Hall–Kier alpha value is -3.85. The van der Waals surface area contributed by atoms with Crippen molar-refractivity contribution in [2.45, 2.75) is 0 Å². The number of nitrogens with zero attached hydrogens (tertiary/aromatic N) is 4. The Kier molecular flexibility index (Phi) is 5.39. The zero-order valence-electron chi connectivity index (χ0n) is 16.0. The SMILES string of the molecule is N#Cc1ccc(NC(=O)c2cncc(N3CCN(c4ccccc4)CC3)c2)cc1. The second-order valence-electron chi connectivity index (χ2n) is 6.88. The molecule has 0 saturated carbocycles. The topological polar surface area (TPSA) is 72.3 Å². The number of hydrogen-bond acceptors (Lipinski definition) is 5. The zero-order chi connectivity index (χ0) is 20.1. The number of aromatic nitrogens is 1. The summed E-state index contributed by atoms with van der Waals surface area (Å²) in [6.45, 7) is 3.59. The lowest BCUT2D eigenvalue weighted by Gasteiger charge is -2.37. The highest BCUT2D eigenvalue weighted by Gasteiger charge is 2.18. The van der Waals surface area contributed by atoms with Gasteiger partial charge in [0.15, 0.2) is 0 Å². The van der Waals surface area contributed by atoms with E-state index in [0.29, 0.717) is 16.8 Å². The van der Waals surface area contributed by atoms with Gasteiger partial charge in [0, 0.05) is 43.8 Å². The molecule has 29 heavy (non-hydrogen) atoms. The first kappa shape index (κ1) is 18.5. The van der Waals surface area contributed by atoms with Crippen molar-refractivity contribution in [2.24, 2.45) is 0 Å². The Morgan fingerprint density at radius 2 is 1.55 bits per heavy atom. The molecule has 1 amide bonds. The van der Waals surface area contributed by atoms with Crippen molar-refractivity contribution in [3.8, 4) is 6.07 Å². The van der Waals surface area contributed by atoms with E-state index in [9.17, 15) is 4.79 Å². The Morgan fingerprint density at radius 1 is 0.897 bits per heavy atom. The van der Waals surface area contributed by atoms with Crippen LogP contribution in [0.25, 0.3) is 0 Å². The van der Waals surface area contributed by atoms with Crippen LogP contribution in [0.4, 0.5) is 17.1 Å². The maximum atomic E-state index is 12.6. The third-order valence-corrected chi connectivity index (χ3v) is 5.02. The first-order chi connectivity index (χ1) is 14.2. The van der Waals surface area contributed by atoms with E-state index in [0.717, 1.165) is 31.9 Å². The predicted octanol–water partition coefficient (Wildman–Crippen LogP) is 3.53. The van der Waals surface area contributed by atoms with Crippen LogP contribution in [0.2, 0.25) is 0 Å². The molecule has 1 fully saturated rings. The molecule has 1 aliphatic heterocycles. The van der Waals surface area contributed by atoms with Gasteiger partial charge in [-0.25, -0.2) is 0 Å². The number of hydrogen-bond donors (Lipinski definition) is 1. The summed E-state index contributed by atoms with van der Waals surface area (Å²) in [5, 5.41) is 11.7. The summed E-state index contributed by atoms with van der Waals surface area (Å²) in [5.74, 6) is -0.216. The molecular formula is C23H21N5O. The second kappa shape index (κ2) is 8.44.